The molecule has 5 heteroatoms. The van der Waals surface area contributed by atoms with Gasteiger partial charge in [-0.05, 0) is 78.7 Å². The number of hydrogen-bond donors (Lipinski definition) is 1. The van der Waals surface area contributed by atoms with Gasteiger partial charge in [0.2, 0.25) is 5.91 Å². The van der Waals surface area contributed by atoms with Gasteiger partial charge < -0.3 is 5.32 Å². The number of piperidine rings is 1. The van der Waals surface area contributed by atoms with E-state index in [1.165, 1.54) is 47.3 Å². The number of fused-ring (bicyclic) bond motifs is 2. The summed E-state index contributed by atoms with van der Waals surface area (Å²) in [5, 5.41) is 3.01. The predicted octanol–water partition coefficient (Wildman–Crippen LogP) is 6.49. The number of likely N-dealkylation sites (tertiary alicyclic amines) is 1. The second-order valence-corrected chi connectivity index (χ2v) is 10.8. The third kappa shape index (κ3) is 6.26. The Morgan fingerprint density at radius 3 is 2.64 bits per heavy atom. The number of nitrogens with zero attached hydrogens (tertiary/aromatic N) is 2. The van der Waals surface area contributed by atoms with Crippen LogP contribution in [0, 0.1) is 5.92 Å². The topological polar surface area (TPSA) is 45.2 Å². The van der Waals surface area contributed by atoms with Gasteiger partial charge in [-0.3, -0.25) is 14.7 Å². The molecule has 1 amide bonds. The van der Waals surface area contributed by atoms with Gasteiger partial charge in [-0.2, -0.15) is 0 Å². The van der Waals surface area contributed by atoms with Crippen LogP contribution in [-0.2, 0) is 10.5 Å². The van der Waals surface area contributed by atoms with E-state index in [9.17, 15) is 4.79 Å². The first-order valence-electron chi connectivity index (χ1n) is 13.2. The van der Waals surface area contributed by atoms with Crippen molar-refractivity contribution in [1.29, 1.82) is 0 Å². The maximum Gasteiger partial charge on any atom is 0.243 e. The molecule has 3 aromatic rings. The molecule has 2 aliphatic heterocycles. The largest absolute Gasteiger partial charge is 0.353 e. The number of nitrogens with one attached hydrogen (secondary N) is 1. The Balaban J connectivity index is 1.08. The quantitative estimate of drug-likeness (QED) is 0.285. The molecule has 0 bridgehead atoms. The summed E-state index contributed by atoms with van der Waals surface area (Å²) in [6.45, 7) is 3.04. The Labute approximate surface area is 219 Å². The minimum absolute atomic E-state index is 0.0331. The molecule has 0 spiro atoms. The number of hydrogen-bond acceptors (Lipinski definition) is 4. The summed E-state index contributed by atoms with van der Waals surface area (Å²) in [5.41, 5.74) is 5.37. The molecule has 0 radical (unpaired) electrons. The highest BCUT2D eigenvalue weighted by Gasteiger charge is 2.31. The third-order valence-corrected chi connectivity index (χ3v) is 8.55. The monoisotopic (exact) mass is 497 g/mol. The standard InChI is InChI=1S/C31H35N3OS/c35-30(15-14-25-9-7-18-32-22-25)33-19-6-5-8-24-16-20-34(21-17-24)31-27-11-2-1-10-26(27)23-36-29-13-4-3-12-28(29)31/h1-4,7,9-15,18,22,24,31H,5-6,8,16-17,19-21,23H2,(H,33,35). The van der Waals surface area contributed by atoms with Gasteiger partial charge in [0, 0.05) is 35.7 Å². The first-order chi connectivity index (χ1) is 17.8. The molecule has 1 aromatic heterocycles. The van der Waals surface area contributed by atoms with Gasteiger partial charge in [0.15, 0.2) is 0 Å². The summed E-state index contributed by atoms with van der Waals surface area (Å²) in [5.74, 6) is 1.80. The maximum atomic E-state index is 12.0. The Hall–Kier alpha value is -2.89. The van der Waals surface area contributed by atoms with E-state index in [-0.39, 0.29) is 5.91 Å². The molecule has 186 valence electrons. The van der Waals surface area contributed by atoms with Crippen LogP contribution in [-0.4, -0.2) is 35.4 Å². The molecule has 5 rings (SSSR count). The van der Waals surface area contributed by atoms with Crippen LogP contribution in [0.3, 0.4) is 0 Å². The summed E-state index contributed by atoms with van der Waals surface area (Å²) in [4.78, 5) is 20.2. The highest BCUT2D eigenvalue weighted by Crippen LogP contribution is 2.43. The second kappa shape index (κ2) is 12.4. The molecule has 1 N–H and O–H groups in total. The Kier molecular flexibility index (Phi) is 8.52. The van der Waals surface area contributed by atoms with Crippen LogP contribution < -0.4 is 5.32 Å². The Bertz CT molecular complexity index is 1120. The highest BCUT2D eigenvalue weighted by atomic mass is 32.2. The van der Waals surface area contributed by atoms with Crippen molar-refractivity contribution in [3.8, 4) is 0 Å². The van der Waals surface area contributed by atoms with Crippen LogP contribution in [0.25, 0.3) is 6.08 Å². The van der Waals surface area contributed by atoms with E-state index < -0.39 is 0 Å². The number of aromatic nitrogens is 1. The summed E-state index contributed by atoms with van der Waals surface area (Å²) < 4.78 is 0. The van der Waals surface area contributed by atoms with Crippen molar-refractivity contribution >= 4 is 23.7 Å². The van der Waals surface area contributed by atoms with Gasteiger partial charge >= 0.3 is 0 Å². The number of carbonyl (C=O) groups is 1. The molecule has 36 heavy (non-hydrogen) atoms. The van der Waals surface area contributed by atoms with Crippen molar-refractivity contribution in [3.05, 3.63) is 101 Å². The van der Waals surface area contributed by atoms with Crippen LogP contribution in [0.5, 0.6) is 0 Å². The predicted molar refractivity (Wildman–Crippen MR) is 149 cm³/mol. The average molecular weight is 498 g/mol. The van der Waals surface area contributed by atoms with E-state index >= 15 is 0 Å². The third-order valence-electron chi connectivity index (χ3n) is 7.41. The number of amides is 1. The molecule has 1 atom stereocenters. The number of carbonyl (C=O) groups excluding carboxylic acids is 1. The number of rotatable bonds is 8. The lowest BCUT2D eigenvalue weighted by Crippen LogP contribution is -2.37. The van der Waals surface area contributed by atoms with Crippen molar-refractivity contribution in [2.24, 2.45) is 5.92 Å². The molecule has 1 fully saturated rings. The van der Waals surface area contributed by atoms with Gasteiger partial charge in [-0.15, -0.1) is 11.8 Å². The minimum atomic E-state index is -0.0331. The molecule has 1 saturated heterocycles. The first kappa shape index (κ1) is 24.8. The number of pyridine rings is 1. The van der Waals surface area contributed by atoms with E-state index in [1.54, 1.807) is 24.5 Å². The Morgan fingerprint density at radius 1 is 1.00 bits per heavy atom. The molecular weight excluding hydrogens is 462 g/mol. The van der Waals surface area contributed by atoms with E-state index in [1.807, 2.05) is 23.9 Å². The fraction of sp³-hybridized carbons (Fsp3) is 0.355. The molecule has 2 aromatic carbocycles. The molecular formula is C31H35N3OS. The van der Waals surface area contributed by atoms with E-state index in [2.05, 4.69) is 63.7 Å². The second-order valence-electron chi connectivity index (χ2n) is 9.81. The highest BCUT2D eigenvalue weighted by molar-refractivity contribution is 7.98. The van der Waals surface area contributed by atoms with Gasteiger partial charge in [-0.25, -0.2) is 0 Å². The molecule has 2 aliphatic rings. The Morgan fingerprint density at radius 2 is 1.81 bits per heavy atom. The lowest BCUT2D eigenvalue weighted by atomic mass is 9.87. The van der Waals surface area contributed by atoms with Crippen LogP contribution >= 0.6 is 11.8 Å². The van der Waals surface area contributed by atoms with Crippen LogP contribution in [0.15, 0.2) is 84.0 Å². The summed E-state index contributed by atoms with van der Waals surface area (Å²) in [6.07, 6.45) is 12.9. The summed E-state index contributed by atoms with van der Waals surface area (Å²) in [6, 6.07) is 22.2. The number of unbranched alkanes of at least 4 members (excludes halogenated alkanes) is 1. The SMILES string of the molecule is O=C(C=Cc1cccnc1)NCCCCC1CCN(C2c3ccccc3CSc3ccccc32)CC1. The average Bonchev–Trinajstić information content (AvgIpc) is 3.10. The summed E-state index contributed by atoms with van der Waals surface area (Å²) >= 11 is 1.98. The van der Waals surface area contributed by atoms with Crippen LogP contribution in [0.2, 0.25) is 0 Å². The van der Waals surface area contributed by atoms with Gasteiger partial charge in [0.1, 0.15) is 0 Å². The molecule has 0 saturated carbocycles. The minimum Gasteiger partial charge on any atom is -0.353 e. The van der Waals surface area contributed by atoms with E-state index in [0.717, 1.165) is 43.3 Å². The maximum absolute atomic E-state index is 12.0. The van der Waals surface area contributed by atoms with Crippen LogP contribution in [0.4, 0.5) is 0 Å². The zero-order chi connectivity index (χ0) is 24.6. The van der Waals surface area contributed by atoms with Crippen molar-refractivity contribution in [2.75, 3.05) is 19.6 Å². The fourth-order valence-electron chi connectivity index (χ4n) is 5.46. The lowest BCUT2D eigenvalue weighted by molar-refractivity contribution is -0.116. The lowest BCUT2D eigenvalue weighted by Gasteiger charge is -2.38. The first-order valence-corrected chi connectivity index (χ1v) is 14.2. The zero-order valence-corrected chi connectivity index (χ0v) is 21.6. The molecule has 1 unspecified atom stereocenters. The van der Waals surface area contributed by atoms with E-state index in [0.29, 0.717) is 6.04 Å². The van der Waals surface area contributed by atoms with Gasteiger partial charge in [0.05, 0.1) is 6.04 Å². The zero-order valence-electron chi connectivity index (χ0n) is 20.8. The molecule has 4 nitrogen and oxygen atoms in total. The van der Waals surface area contributed by atoms with Crippen molar-refractivity contribution < 1.29 is 4.79 Å². The number of thioether (sulfide) groups is 1. The van der Waals surface area contributed by atoms with Crippen molar-refractivity contribution in [1.82, 2.24) is 15.2 Å². The van der Waals surface area contributed by atoms with Crippen LogP contribution in [0.1, 0.15) is 60.4 Å². The summed E-state index contributed by atoms with van der Waals surface area (Å²) in [7, 11) is 0. The smallest absolute Gasteiger partial charge is 0.243 e. The van der Waals surface area contributed by atoms with Gasteiger partial charge in [0.25, 0.3) is 0 Å². The van der Waals surface area contributed by atoms with Crippen molar-refractivity contribution in [2.45, 2.75) is 48.8 Å². The fourth-order valence-corrected chi connectivity index (χ4v) is 6.56. The van der Waals surface area contributed by atoms with E-state index in [4.69, 9.17) is 0 Å². The van der Waals surface area contributed by atoms with Crippen molar-refractivity contribution in [3.63, 3.8) is 0 Å². The molecule has 0 aliphatic carbocycles. The number of benzene rings is 2. The molecule has 3 heterocycles. The van der Waals surface area contributed by atoms with Gasteiger partial charge in [-0.1, -0.05) is 61.4 Å². The normalized spacial score (nSPS) is 18.4.